The SMILES string of the molecule is CCCCC(Nc1nc2nonc2nc1Nc1ccc(Cl)c(C)c1)(C(=O)O)C(C)C. The van der Waals surface area contributed by atoms with Crippen LogP contribution in [0.2, 0.25) is 5.02 Å². The van der Waals surface area contributed by atoms with Gasteiger partial charge in [0.05, 0.1) is 0 Å². The lowest BCUT2D eigenvalue weighted by Crippen LogP contribution is -2.51. The maximum Gasteiger partial charge on any atom is 0.329 e. The van der Waals surface area contributed by atoms with Crippen LogP contribution in [0.5, 0.6) is 0 Å². The number of fused-ring (bicyclic) bond motifs is 1. The van der Waals surface area contributed by atoms with E-state index in [1.54, 1.807) is 12.1 Å². The van der Waals surface area contributed by atoms with Crippen LogP contribution < -0.4 is 10.6 Å². The molecule has 3 N–H and O–H groups in total. The molecule has 1 unspecified atom stereocenters. The summed E-state index contributed by atoms with van der Waals surface area (Å²) in [6, 6.07) is 5.44. The van der Waals surface area contributed by atoms with Gasteiger partial charge in [0, 0.05) is 10.7 Å². The van der Waals surface area contributed by atoms with E-state index in [9.17, 15) is 9.90 Å². The van der Waals surface area contributed by atoms with Crippen LogP contribution in [-0.2, 0) is 4.79 Å². The van der Waals surface area contributed by atoms with Gasteiger partial charge in [0.1, 0.15) is 5.54 Å². The number of hydrogen-bond acceptors (Lipinski definition) is 8. The smallest absolute Gasteiger partial charge is 0.329 e. The van der Waals surface area contributed by atoms with E-state index in [2.05, 4.69) is 30.9 Å². The Bertz CT molecular complexity index is 1050. The van der Waals surface area contributed by atoms with Crippen molar-refractivity contribution in [2.75, 3.05) is 10.6 Å². The van der Waals surface area contributed by atoms with Crippen molar-refractivity contribution >= 4 is 46.2 Å². The summed E-state index contributed by atoms with van der Waals surface area (Å²) in [5.41, 5.74) is 0.797. The summed E-state index contributed by atoms with van der Waals surface area (Å²) in [6.45, 7) is 7.66. The average molecular weight is 433 g/mol. The molecule has 0 radical (unpaired) electrons. The van der Waals surface area contributed by atoms with Gasteiger partial charge in [0.25, 0.3) is 0 Å². The van der Waals surface area contributed by atoms with Crippen LogP contribution in [0.3, 0.4) is 0 Å². The maximum atomic E-state index is 12.3. The van der Waals surface area contributed by atoms with Gasteiger partial charge in [-0.05, 0) is 53.3 Å². The third-order valence-electron chi connectivity index (χ3n) is 5.17. The minimum atomic E-state index is -1.22. The molecule has 1 atom stereocenters. The second-order valence-corrected chi connectivity index (χ2v) is 7.99. The number of carboxylic acid groups (broad SMARTS) is 1. The first kappa shape index (κ1) is 21.8. The molecule has 1 aromatic carbocycles. The molecular formula is C20H25ClN6O3. The summed E-state index contributed by atoms with van der Waals surface area (Å²) < 4.78 is 4.74. The summed E-state index contributed by atoms with van der Waals surface area (Å²) >= 11 is 6.12. The molecule has 3 rings (SSSR count). The zero-order chi connectivity index (χ0) is 21.9. The van der Waals surface area contributed by atoms with E-state index >= 15 is 0 Å². The summed E-state index contributed by atoms with van der Waals surface area (Å²) in [5.74, 6) is -0.569. The molecule has 0 bridgehead atoms. The highest BCUT2D eigenvalue weighted by molar-refractivity contribution is 6.31. The number of hydrogen-bond donors (Lipinski definition) is 3. The minimum Gasteiger partial charge on any atom is -0.479 e. The van der Waals surface area contributed by atoms with Crippen molar-refractivity contribution in [3.63, 3.8) is 0 Å². The molecular weight excluding hydrogens is 408 g/mol. The van der Waals surface area contributed by atoms with Crippen molar-refractivity contribution in [3.8, 4) is 0 Å². The van der Waals surface area contributed by atoms with Gasteiger partial charge in [-0.15, -0.1) is 0 Å². The molecule has 0 spiro atoms. The fourth-order valence-electron chi connectivity index (χ4n) is 3.24. The number of nitrogens with zero attached hydrogens (tertiary/aromatic N) is 4. The Labute approximate surface area is 179 Å². The van der Waals surface area contributed by atoms with Crippen molar-refractivity contribution in [3.05, 3.63) is 28.8 Å². The fourth-order valence-corrected chi connectivity index (χ4v) is 3.36. The van der Waals surface area contributed by atoms with Gasteiger partial charge in [-0.2, -0.15) is 0 Å². The molecule has 2 heterocycles. The first-order valence-electron chi connectivity index (χ1n) is 9.82. The van der Waals surface area contributed by atoms with E-state index < -0.39 is 11.5 Å². The second kappa shape index (κ2) is 8.83. The predicted octanol–water partition coefficient (Wildman–Crippen LogP) is 4.80. The molecule has 0 aliphatic carbocycles. The zero-order valence-corrected chi connectivity index (χ0v) is 18.1. The van der Waals surface area contributed by atoms with Crippen molar-refractivity contribution in [2.24, 2.45) is 5.92 Å². The van der Waals surface area contributed by atoms with Crippen LogP contribution in [0.4, 0.5) is 17.3 Å². The third-order valence-corrected chi connectivity index (χ3v) is 5.59. The Kier molecular flexibility index (Phi) is 6.40. The average Bonchev–Trinajstić information content (AvgIpc) is 3.14. The lowest BCUT2D eigenvalue weighted by molar-refractivity contribution is -0.144. The molecule has 0 aliphatic rings. The molecule has 0 aliphatic heterocycles. The Hall–Kier alpha value is -2.94. The number of rotatable bonds is 9. The van der Waals surface area contributed by atoms with Crippen molar-refractivity contribution in [1.29, 1.82) is 0 Å². The van der Waals surface area contributed by atoms with Crippen molar-refractivity contribution in [1.82, 2.24) is 20.3 Å². The molecule has 160 valence electrons. The summed E-state index contributed by atoms with van der Waals surface area (Å²) in [7, 11) is 0. The van der Waals surface area contributed by atoms with E-state index in [4.69, 9.17) is 16.2 Å². The van der Waals surface area contributed by atoms with Crippen LogP contribution in [0, 0.1) is 12.8 Å². The predicted molar refractivity (Wildman–Crippen MR) is 115 cm³/mol. The fraction of sp³-hybridized carbons (Fsp3) is 0.450. The van der Waals surface area contributed by atoms with Crippen LogP contribution in [-0.4, -0.2) is 36.9 Å². The Morgan fingerprint density at radius 2 is 1.90 bits per heavy atom. The van der Waals surface area contributed by atoms with E-state index in [0.717, 1.165) is 24.1 Å². The van der Waals surface area contributed by atoms with Crippen LogP contribution >= 0.6 is 11.6 Å². The van der Waals surface area contributed by atoms with Crippen LogP contribution in [0.15, 0.2) is 22.8 Å². The normalized spacial score (nSPS) is 13.4. The first-order valence-corrected chi connectivity index (χ1v) is 10.2. The minimum absolute atomic E-state index is 0.189. The molecule has 10 heteroatoms. The zero-order valence-electron chi connectivity index (χ0n) is 17.4. The van der Waals surface area contributed by atoms with E-state index in [0.29, 0.717) is 17.3 Å². The number of unbranched alkanes of at least 4 members (excludes halogenated alkanes) is 1. The number of aryl methyl sites for hydroxylation is 1. The first-order chi connectivity index (χ1) is 14.3. The number of aromatic nitrogens is 4. The van der Waals surface area contributed by atoms with E-state index in [1.807, 2.05) is 33.8 Å². The van der Waals surface area contributed by atoms with Crippen LogP contribution in [0.1, 0.15) is 45.6 Å². The Balaban J connectivity index is 2.07. The Morgan fingerprint density at radius 1 is 1.23 bits per heavy atom. The van der Waals surface area contributed by atoms with E-state index in [1.165, 1.54) is 0 Å². The topological polar surface area (TPSA) is 126 Å². The van der Waals surface area contributed by atoms with Gasteiger partial charge in [0.2, 0.25) is 11.3 Å². The quantitative estimate of drug-likeness (QED) is 0.436. The molecule has 0 fully saturated rings. The van der Waals surface area contributed by atoms with Gasteiger partial charge in [-0.1, -0.05) is 45.2 Å². The number of nitrogens with one attached hydrogen (secondary N) is 2. The summed E-state index contributed by atoms with van der Waals surface area (Å²) in [5, 5.41) is 24.6. The van der Waals surface area contributed by atoms with Crippen molar-refractivity contribution < 1.29 is 14.5 Å². The number of anilines is 3. The molecule has 3 aromatic rings. The molecule has 0 amide bonds. The van der Waals surface area contributed by atoms with E-state index in [-0.39, 0.29) is 23.0 Å². The maximum absolute atomic E-state index is 12.3. The summed E-state index contributed by atoms with van der Waals surface area (Å²) in [4.78, 5) is 21.2. The van der Waals surface area contributed by atoms with Gasteiger partial charge in [-0.3, -0.25) is 0 Å². The van der Waals surface area contributed by atoms with Crippen molar-refractivity contribution in [2.45, 2.75) is 52.5 Å². The number of aliphatic carboxylic acids is 1. The molecule has 0 saturated heterocycles. The highest BCUT2D eigenvalue weighted by Gasteiger charge is 2.42. The van der Waals surface area contributed by atoms with Gasteiger partial charge in [-0.25, -0.2) is 19.4 Å². The molecule has 2 aromatic heterocycles. The second-order valence-electron chi connectivity index (χ2n) is 7.58. The monoisotopic (exact) mass is 432 g/mol. The third kappa shape index (κ3) is 4.30. The van der Waals surface area contributed by atoms with Gasteiger partial charge < -0.3 is 15.7 Å². The molecule has 0 saturated carbocycles. The van der Waals surface area contributed by atoms with Crippen LogP contribution in [0.25, 0.3) is 11.3 Å². The number of halogens is 1. The lowest BCUT2D eigenvalue weighted by atomic mass is 9.81. The molecule has 9 nitrogen and oxygen atoms in total. The Morgan fingerprint density at radius 3 is 2.47 bits per heavy atom. The number of carboxylic acids is 1. The highest BCUT2D eigenvalue weighted by Crippen LogP contribution is 2.33. The van der Waals surface area contributed by atoms with Gasteiger partial charge in [0.15, 0.2) is 11.6 Å². The standard InChI is InChI=1S/C20H25ClN6O3/c1-5-6-9-20(11(2)3,19(28)29)25-16-15(23-17-18(24-16)27-30-26-17)22-13-7-8-14(21)12(4)10-13/h7-8,10-11H,5-6,9H2,1-4H3,(H,28,29)(H,22,23,26)(H,24,25,27). The number of benzene rings is 1. The largest absolute Gasteiger partial charge is 0.479 e. The summed E-state index contributed by atoms with van der Waals surface area (Å²) in [6.07, 6.45) is 2.06. The highest BCUT2D eigenvalue weighted by atomic mass is 35.5. The molecule has 30 heavy (non-hydrogen) atoms. The van der Waals surface area contributed by atoms with Gasteiger partial charge >= 0.3 is 5.97 Å². The number of carbonyl (C=O) groups is 1. The lowest BCUT2D eigenvalue weighted by Gasteiger charge is -2.35.